The van der Waals surface area contributed by atoms with Gasteiger partial charge in [0.2, 0.25) is 0 Å². The molecule has 2 aliphatic heterocycles. The number of likely N-dealkylation sites (tertiary alicyclic amines) is 1. The Morgan fingerprint density at radius 1 is 1.09 bits per heavy atom. The van der Waals surface area contributed by atoms with Crippen LogP contribution in [0, 0.1) is 12.8 Å². The number of benzene rings is 2. The molecule has 0 aliphatic carbocycles. The predicted octanol–water partition coefficient (Wildman–Crippen LogP) is 6.36. The van der Waals surface area contributed by atoms with Crippen molar-refractivity contribution >= 4 is 28.4 Å². The number of aliphatic hydroxyl groups excluding tert-OH is 1. The number of nitrogens with zero attached hydrogens (tertiary/aromatic N) is 4. The SMILES string of the molecule is Cc1nnc(NC(C)c2cccc(C(F)(F)C3CCN(C(=O)O)CC3)c2)c2cc(N3CCOCC3)cc(OCCCCCCO)c12. The summed E-state index contributed by atoms with van der Waals surface area (Å²) in [7, 11) is 0. The highest BCUT2D eigenvalue weighted by molar-refractivity contribution is 5.99. The number of aryl methyl sites for hydroxylation is 1. The number of fused-ring (bicyclic) bond motifs is 1. The first-order chi connectivity index (χ1) is 22.2. The quantitative estimate of drug-likeness (QED) is 0.183. The third-order valence-corrected chi connectivity index (χ3v) is 9.09. The largest absolute Gasteiger partial charge is 0.493 e. The number of rotatable bonds is 13. The molecule has 3 heterocycles. The van der Waals surface area contributed by atoms with E-state index >= 15 is 8.78 Å². The lowest BCUT2D eigenvalue weighted by molar-refractivity contribution is -0.0836. The van der Waals surface area contributed by atoms with E-state index in [0.717, 1.165) is 66.7 Å². The van der Waals surface area contributed by atoms with Gasteiger partial charge in [-0.25, -0.2) is 13.6 Å². The summed E-state index contributed by atoms with van der Waals surface area (Å²) in [6.45, 7) is 7.51. The van der Waals surface area contributed by atoms with Gasteiger partial charge >= 0.3 is 6.09 Å². The standard InChI is InChI=1S/C34H45F2N5O5/c1-23(25-8-7-9-27(20-25)34(35,36)26-10-12-41(13-11-26)33(43)44)37-32-29-21-28(40-14-18-45-19-15-40)22-30(31(29)24(2)38-39-32)46-17-6-4-3-5-16-42/h7-9,20-23,26,42H,3-6,10-19H2,1-2H3,(H,37,39)(H,43,44). The van der Waals surface area contributed by atoms with Crippen molar-refractivity contribution in [3.63, 3.8) is 0 Å². The van der Waals surface area contributed by atoms with Gasteiger partial charge in [-0.3, -0.25) is 0 Å². The average Bonchev–Trinajstić information content (AvgIpc) is 3.07. The number of aliphatic hydroxyl groups is 1. The van der Waals surface area contributed by atoms with E-state index < -0.39 is 17.9 Å². The van der Waals surface area contributed by atoms with Crippen LogP contribution in [0.3, 0.4) is 0 Å². The van der Waals surface area contributed by atoms with E-state index in [1.807, 2.05) is 19.9 Å². The van der Waals surface area contributed by atoms with Crippen LogP contribution in [0.4, 0.5) is 25.1 Å². The summed E-state index contributed by atoms with van der Waals surface area (Å²) >= 11 is 0. The van der Waals surface area contributed by atoms with Crippen molar-refractivity contribution in [2.75, 3.05) is 62.8 Å². The van der Waals surface area contributed by atoms with Crippen molar-refractivity contribution < 1.29 is 33.3 Å². The number of aromatic nitrogens is 2. The second-order valence-corrected chi connectivity index (χ2v) is 12.2. The van der Waals surface area contributed by atoms with Gasteiger partial charge in [-0.05, 0) is 63.6 Å². The highest BCUT2D eigenvalue weighted by Gasteiger charge is 2.43. The van der Waals surface area contributed by atoms with Crippen LogP contribution in [0.5, 0.6) is 5.75 Å². The van der Waals surface area contributed by atoms with Crippen molar-refractivity contribution in [2.24, 2.45) is 5.92 Å². The minimum absolute atomic E-state index is 0.0726. The number of hydrogen-bond acceptors (Lipinski definition) is 8. The molecule has 1 aromatic heterocycles. The van der Waals surface area contributed by atoms with E-state index in [1.165, 1.54) is 17.0 Å². The minimum atomic E-state index is -3.09. The fourth-order valence-corrected chi connectivity index (χ4v) is 6.34. The summed E-state index contributed by atoms with van der Waals surface area (Å²) in [5.74, 6) is -2.76. The van der Waals surface area contributed by atoms with E-state index in [4.69, 9.17) is 14.6 Å². The topological polar surface area (TPSA) is 120 Å². The molecule has 2 aromatic carbocycles. The van der Waals surface area contributed by atoms with Gasteiger partial charge in [-0.1, -0.05) is 24.6 Å². The Kier molecular flexibility index (Phi) is 11.1. The number of nitrogens with one attached hydrogen (secondary N) is 1. The van der Waals surface area contributed by atoms with Crippen molar-refractivity contribution in [1.82, 2.24) is 15.1 Å². The smallest absolute Gasteiger partial charge is 0.407 e. The fourth-order valence-electron chi connectivity index (χ4n) is 6.34. The normalized spacial score (nSPS) is 16.9. The molecule has 0 bridgehead atoms. The minimum Gasteiger partial charge on any atom is -0.493 e. The molecule has 0 radical (unpaired) electrons. The molecule has 0 spiro atoms. The highest BCUT2D eigenvalue weighted by atomic mass is 19.3. The maximum absolute atomic E-state index is 15.7. The zero-order valence-corrected chi connectivity index (χ0v) is 26.7. The maximum atomic E-state index is 15.7. The summed E-state index contributed by atoms with van der Waals surface area (Å²) < 4.78 is 43.3. The maximum Gasteiger partial charge on any atom is 0.407 e. The fraction of sp³-hybridized carbons (Fsp3) is 0.559. The summed E-state index contributed by atoms with van der Waals surface area (Å²) in [5.41, 5.74) is 2.33. The Hall–Kier alpha value is -3.77. The molecule has 1 unspecified atom stereocenters. The number of amides is 1. The second kappa shape index (κ2) is 15.2. The summed E-state index contributed by atoms with van der Waals surface area (Å²) in [6.07, 6.45) is 2.71. The summed E-state index contributed by atoms with van der Waals surface area (Å²) in [4.78, 5) is 14.7. The Morgan fingerprint density at radius 2 is 1.83 bits per heavy atom. The van der Waals surface area contributed by atoms with Crippen molar-refractivity contribution in [1.29, 1.82) is 0 Å². The Morgan fingerprint density at radius 3 is 2.54 bits per heavy atom. The first-order valence-electron chi connectivity index (χ1n) is 16.3. The van der Waals surface area contributed by atoms with E-state index in [0.29, 0.717) is 31.2 Å². The number of anilines is 2. The van der Waals surface area contributed by atoms with Crippen molar-refractivity contribution in [3.05, 3.63) is 53.2 Å². The zero-order chi connectivity index (χ0) is 32.7. The third kappa shape index (κ3) is 7.78. The Labute approximate surface area is 268 Å². The van der Waals surface area contributed by atoms with Crippen LogP contribution in [0.25, 0.3) is 10.8 Å². The van der Waals surface area contributed by atoms with Gasteiger partial charge in [-0.15, -0.1) is 5.10 Å². The molecule has 46 heavy (non-hydrogen) atoms. The molecule has 5 rings (SSSR count). The molecular formula is C34H45F2N5O5. The number of ether oxygens (including phenoxy) is 2. The summed E-state index contributed by atoms with van der Waals surface area (Å²) in [6, 6.07) is 10.2. The molecule has 2 saturated heterocycles. The lowest BCUT2D eigenvalue weighted by Gasteiger charge is -2.35. The molecule has 10 nitrogen and oxygen atoms in total. The third-order valence-electron chi connectivity index (χ3n) is 9.09. The van der Waals surface area contributed by atoms with Gasteiger partial charge in [-0.2, -0.15) is 5.10 Å². The summed E-state index contributed by atoms with van der Waals surface area (Å²) in [5, 5.41) is 32.4. The van der Waals surface area contributed by atoms with Gasteiger partial charge in [0.1, 0.15) is 5.75 Å². The lowest BCUT2D eigenvalue weighted by atomic mass is 9.85. The molecule has 0 saturated carbocycles. The molecule has 3 aromatic rings. The van der Waals surface area contributed by atoms with Gasteiger partial charge in [0, 0.05) is 61.4 Å². The second-order valence-electron chi connectivity index (χ2n) is 12.2. The number of carbonyl (C=O) groups is 1. The number of hydrogen-bond donors (Lipinski definition) is 3. The molecule has 2 aliphatic rings. The van der Waals surface area contributed by atoms with E-state index in [1.54, 1.807) is 6.07 Å². The van der Waals surface area contributed by atoms with E-state index in [-0.39, 0.29) is 44.1 Å². The van der Waals surface area contributed by atoms with Crippen LogP contribution >= 0.6 is 0 Å². The first-order valence-corrected chi connectivity index (χ1v) is 16.3. The molecule has 3 N–H and O–H groups in total. The van der Waals surface area contributed by atoms with Crippen molar-refractivity contribution in [3.8, 4) is 5.75 Å². The monoisotopic (exact) mass is 641 g/mol. The molecule has 250 valence electrons. The van der Waals surface area contributed by atoms with Crippen LogP contribution in [0.2, 0.25) is 0 Å². The number of unbranched alkanes of at least 4 members (excludes halogenated alkanes) is 3. The number of alkyl halides is 2. The highest BCUT2D eigenvalue weighted by Crippen LogP contribution is 2.43. The first kappa shape index (κ1) is 33.6. The number of morpholine rings is 1. The van der Waals surface area contributed by atoms with Crippen LogP contribution < -0.4 is 15.0 Å². The van der Waals surface area contributed by atoms with Crippen molar-refractivity contribution in [2.45, 2.75) is 64.3 Å². The van der Waals surface area contributed by atoms with Gasteiger partial charge in [0.25, 0.3) is 5.92 Å². The van der Waals surface area contributed by atoms with Gasteiger partial charge in [0.05, 0.1) is 36.9 Å². The van der Waals surface area contributed by atoms with Gasteiger partial charge in [0.15, 0.2) is 5.82 Å². The average molecular weight is 642 g/mol. The lowest BCUT2D eigenvalue weighted by Crippen LogP contribution is -2.41. The predicted molar refractivity (Wildman–Crippen MR) is 173 cm³/mol. The molecule has 2 fully saturated rings. The number of halogens is 2. The van der Waals surface area contributed by atoms with Crippen LogP contribution in [-0.4, -0.2) is 84.0 Å². The number of carboxylic acid groups (broad SMARTS) is 1. The molecule has 1 amide bonds. The Bertz CT molecular complexity index is 1480. The Balaban J connectivity index is 1.40. The van der Waals surface area contributed by atoms with E-state index in [2.05, 4.69) is 32.5 Å². The number of piperidine rings is 1. The van der Waals surface area contributed by atoms with E-state index in [9.17, 15) is 9.90 Å². The van der Waals surface area contributed by atoms with Crippen LogP contribution in [-0.2, 0) is 10.7 Å². The molecule has 12 heteroatoms. The van der Waals surface area contributed by atoms with Crippen LogP contribution in [0.15, 0.2) is 36.4 Å². The van der Waals surface area contributed by atoms with Gasteiger partial charge < -0.3 is 34.8 Å². The molecule has 1 atom stereocenters. The zero-order valence-electron chi connectivity index (χ0n) is 26.7. The van der Waals surface area contributed by atoms with Crippen LogP contribution in [0.1, 0.15) is 68.3 Å². The molecular weight excluding hydrogens is 596 g/mol.